The first-order valence-electron chi connectivity index (χ1n) is 7.85. The van der Waals surface area contributed by atoms with Crippen LogP contribution in [0.25, 0.3) is 0 Å². The fourth-order valence-corrected chi connectivity index (χ4v) is 5.66. The molecule has 2 aliphatic rings. The Kier molecular flexibility index (Phi) is 2.94. The highest BCUT2D eigenvalue weighted by Crippen LogP contribution is 2.59. The molecule has 0 N–H and O–H groups in total. The van der Waals surface area contributed by atoms with Gasteiger partial charge < -0.3 is 0 Å². The number of hydrogen-bond donors (Lipinski definition) is 0. The number of benzene rings is 1. The van der Waals surface area contributed by atoms with E-state index in [-0.39, 0.29) is 11.8 Å². The fourth-order valence-electron chi connectivity index (χ4n) is 3.94. The standard InChI is InChI=1S/C18H12N4OS2/c1-10-2-5-14(25-10)15-13-6-11(8-19)3-4-12(13)7-18(15)16(23)22(18)17-21-20-9-24-17/h2-6,9,15H,7H2,1H3/t15-,18+,22?/m1/s1. The summed E-state index contributed by atoms with van der Waals surface area (Å²) in [5, 5.41) is 17.9. The van der Waals surface area contributed by atoms with E-state index in [0.717, 1.165) is 16.0 Å². The lowest BCUT2D eigenvalue weighted by atomic mass is 9.90. The molecule has 0 saturated carbocycles. The smallest absolute Gasteiger partial charge is 0.257 e. The van der Waals surface area contributed by atoms with Crippen molar-refractivity contribution in [3.05, 3.63) is 62.3 Å². The fraction of sp³-hybridized carbons (Fsp3) is 0.222. The number of nitrogens with zero attached hydrogens (tertiary/aromatic N) is 4. The molecule has 5 nitrogen and oxygen atoms in total. The number of hydrogen-bond acceptors (Lipinski definition) is 6. The van der Waals surface area contributed by atoms with Gasteiger partial charge >= 0.3 is 0 Å². The maximum absolute atomic E-state index is 13.0. The maximum Gasteiger partial charge on any atom is 0.257 e. The van der Waals surface area contributed by atoms with Crippen molar-refractivity contribution < 1.29 is 4.79 Å². The molecule has 3 heterocycles. The SMILES string of the molecule is Cc1ccc([C@H]2c3cc(C#N)ccc3C[C@@]23C(=O)N3c2nncs2)s1. The average Bonchev–Trinajstić information content (AvgIpc) is 3.13. The van der Waals surface area contributed by atoms with Crippen LogP contribution in [0.5, 0.6) is 0 Å². The van der Waals surface area contributed by atoms with E-state index >= 15 is 0 Å². The van der Waals surface area contributed by atoms with Crippen molar-refractivity contribution in [1.29, 1.82) is 5.26 Å². The molecule has 0 unspecified atom stereocenters. The molecular formula is C18H12N4OS2. The summed E-state index contributed by atoms with van der Waals surface area (Å²) < 4.78 is 0. The normalized spacial score (nSPS) is 23.8. The van der Waals surface area contributed by atoms with Gasteiger partial charge in [-0.25, -0.2) is 0 Å². The quantitative estimate of drug-likeness (QED) is 0.655. The van der Waals surface area contributed by atoms with Gasteiger partial charge in [-0.15, -0.1) is 21.5 Å². The van der Waals surface area contributed by atoms with Gasteiger partial charge in [0.2, 0.25) is 5.13 Å². The van der Waals surface area contributed by atoms with Crippen molar-refractivity contribution in [2.24, 2.45) is 0 Å². The van der Waals surface area contributed by atoms with E-state index in [0.29, 0.717) is 17.1 Å². The van der Waals surface area contributed by atoms with Crippen molar-refractivity contribution in [3.63, 3.8) is 0 Å². The van der Waals surface area contributed by atoms with Gasteiger partial charge in [0.1, 0.15) is 11.0 Å². The molecule has 2 aromatic heterocycles. The third-order valence-corrected chi connectivity index (χ3v) is 6.77. The van der Waals surface area contributed by atoms with E-state index in [2.05, 4.69) is 35.3 Å². The molecule has 5 rings (SSSR count). The van der Waals surface area contributed by atoms with Crippen LogP contribution in [0.3, 0.4) is 0 Å². The second-order valence-electron chi connectivity index (χ2n) is 6.37. The van der Waals surface area contributed by atoms with Crippen molar-refractivity contribution >= 4 is 33.7 Å². The lowest BCUT2D eigenvalue weighted by molar-refractivity contribution is -0.111. The lowest BCUT2D eigenvalue weighted by Crippen LogP contribution is -2.25. The lowest BCUT2D eigenvalue weighted by Gasteiger charge is -2.17. The summed E-state index contributed by atoms with van der Waals surface area (Å²) >= 11 is 3.09. The Labute approximate surface area is 152 Å². The zero-order valence-corrected chi connectivity index (χ0v) is 14.9. The number of thiophene rings is 1. The van der Waals surface area contributed by atoms with Crippen LogP contribution >= 0.6 is 22.7 Å². The minimum atomic E-state index is -0.618. The maximum atomic E-state index is 13.0. The average molecular weight is 364 g/mol. The molecule has 0 radical (unpaired) electrons. The molecule has 1 aliphatic heterocycles. The zero-order chi connectivity index (χ0) is 17.2. The Hall–Kier alpha value is -2.56. The Morgan fingerprint density at radius 2 is 2.24 bits per heavy atom. The third kappa shape index (κ3) is 1.89. The Morgan fingerprint density at radius 3 is 2.92 bits per heavy atom. The number of aryl methyl sites for hydroxylation is 1. The molecule has 1 spiro atoms. The van der Waals surface area contributed by atoms with E-state index in [9.17, 15) is 10.1 Å². The summed E-state index contributed by atoms with van der Waals surface area (Å²) in [6, 6.07) is 12.2. The molecule has 1 saturated heterocycles. The number of amides is 1. The summed E-state index contributed by atoms with van der Waals surface area (Å²) in [6.45, 7) is 2.07. The largest absolute Gasteiger partial charge is 0.272 e. The van der Waals surface area contributed by atoms with Gasteiger partial charge in [-0.05, 0) is 42.3 Å². The predicted molar refractivity (Wildman–Crippen MR) is 95.9 cm³/mol. The van der Waals surface area contributed by atoms with Gasteiger partial charge in [0.15, 0.2) is 0 Å². The summed E-state index contributed by atoms with van der Waals surface area (Å²) in [5.74, 6) is 0.0286. The second kappa shape index (κ2) is 4.97. The van der Waals surface area contributed by atoms with Crippen molar-refractivity contribution in [1.82, 2.24) is 10.2 Å². The topological polar surface area (TPSA) is 69.7 Å². The highest BCUT2D eigenvalue weighted by molar-refractivity contribution is 7.14. The molecule has 2 atom stereocenters. The molecule has 3 aromatic rings. The van der Waals surface area contributed by atoms with E-state index in [4.69, 9.17) is 0 Å². The molecule has 25 heavy (non-hydrogen) atoms. The highest BCUT2D eigenvalue weighted by atomic mass is 32.1. The molecule has 1 fully saturated rings. The minimum Gasteiger partial charge on any atom is -0.272 e. The molecule has 1 aromatic carbocycles. The second-order valence-corrected chi connectivity index (χ2v) is 8.50. The van der Waals surface area contributed by atoms with Gasteiger partial charge in [0.25, 0.3) is 5.91 Å². The number of nitriles is 1. The van der Waals surface area contributed by atoms with Crippen LogP contribution in [0, 0.1) is 18.3 Å². The number of carbonyl (C=O) groups is 1. The first-order chi connectivity index (χ1) is 12.1. The van der Waals surface area contributed by atoms with Crippen LogP contribution in [0.15, 0.2) is 35.8 Å². The Balaban J connectivity index is 1.70. The van der Waals surface area contributed by atoms with Crippen LogP contribution in [0.4, 0.5) is 5.13 Å². The molecule has 122 valence electrons. The summed E-state index contributed by atoms with van der Waals surface area (Å²) in [6.07, 6.45) is 0.647. The first-order valence-corrected chi connectivity index (χ1v) is 9.55. The van der Waals surface area contributed by atoms with Gasteiger partial charge in [-0.2, -0.15) is 5.26 Å². The number of rotatable bonds is 2. The van der Waals surface area contributed by atoms with Gasteiger partial charge in [0, 0.05) is 16.2 Å². The van der Waals surface area contributed by atoms with E-state index in [1.54, 1.807) is 21.7 Å². The highest BCUT2D eigenvalue weighted by Gasteiger charge is 2.72. The number of anilines is 1. The molecule has 0 bridgehead atoms. The van der Waals surface area contributed by atoms with E-state index in [1.807, 2.05) is 18.2 Å². The zero-order valence-electron chi connectivity index (χ0n) is 13.3. The predicted octanol–water partition coefficient (Wildman–Crippen LogP) is 3.25. The monoisotopic (exact) mass is 364 g/mol. The summed E-state index contributed by atoms with van der Waals surface area (Å²) in [4.78, 5) is 17.1. The molecule has 1 aliphatic carbocycles. The van der Waals surface area contributed by atoms with Crippen LogP contribution in [-0.2, 0) is 11.2 Å². The molecular weight excluding hydrogens is 352 g/mol. The van der Waals surface area contributed by atoms with Gasteiger partial charge in [0.05, 0.1) is 17.6 Å². The summed E-state index contributed by atoms with van der Waals surface area (Å²) in [7, 11) is 0. The molecule has 1 amide bonds. The van der Waals surface area contributed by atoms with E-state index in [1.165, 1.54) is 16.2 Å². The first kappa shape index (κ1) is 14.8. The summed E-state index contributed by atoms with van der Waals surface area (Å²) in [5.41, 5.74) is 3.88. The minimum absolute atomic E-state index is 0.0640. The molecule has 7 heteroatoms. The Morgan fingerprint density at radius 1 is 1.36 bits per heavy atom. The van der Waals surface area contributed by atoms with Gasteiger partial charge in [-0.3, -0.25) is 9.69 Å². The number of carbonyl (C=O) groups excluding carboxylic acids is 1. The van der Waals surface area contributed by atoms with Crippen molar-refractivity contribution in [2.45, 2.75) is 24.8 Å². The van der Waals surface area contributed by atoms with Gasteiger partial charge in [-0.1, -0.05) is 17.4 Å². The van der Waals surface area contributed by atoms with Crippen LogP contribution in [0.2, 0.25) is 0 Å². The van der Waals surface area contributed by atoms with Crippen molar-refractivity contribution in [3.8, 4) is 6.07 Å². The van der Waals surface area contributed by atoms with Crippen molar-refractivity contribution in [2.75, 3.05) is 4.90 Å². The van der Waals surface area contributed by atoms with Crippen LogP contribution < -0.4 is 4.90 Å². The van der Waals surface area contributed by atoms with Crippen LogP contribution in [0.1, 0.15) is 32.4 Å². The number of fused-ring (bicyclic) bond motifs is 1. The number of aromatic nitrogens is 2. The Bertz CT molecular complexity index is 1050. The van der Waals surface area contributed by atoms with Crippen LogP contribution in [-0.4, -0.2) is 21.6 Å². The third-order valence-electron chi connectivity index (χ3n) is 5.03. The van der Waals surface area contributed by atoms with E-state index < -0.39 is 5.54 Å².